The van der Waals surface area contributed by atoms with Gasteiger partial charge >= 0.3 is 0 Å². The summed E-state index contributed by atoms with van der Waals surface area (Å²) in [7, 11) is 0. The van der Waals surface area contributed by atoms with Gasteiger partial charge in [-0.05, 0) is 34.1 Å². The van der Waals surface area contributed by atoms with Crippen molar-refractivity contribution >= 4 is 0 Å². The van der Waals surface area contributed by atoms with Crippen molar-refractivity contribution in [2.45, 2.75) is 41.0 Å². The van der Waals surface area contributed by atoms with Gasteiger partial charge < -0.3 is 0 Å². The molecule has 0 saturated heterocycles. The van der Waals surface area contributed by atoms with E-state index in [2.05, 4.69) is 52.8 Å². The summed E-state index contributed by atoms with van der Waals surface area (Å²) in [4.78, 5) is 0. The molecule has 0 heterocycles. The molecule has 12 heavy (non-hydrogen) atoms. The molecule has 0 saturated carbocycles. The first-order chi connectivity index (χ1) is 5.56. The largest absolute Gasteiger partial charge is 0.0819 e. The molecule has 0 bridgehead atoms. The minimum Gasteiger partial charge on any atom is -0.0819 e. The standard InChI is InChI=1S/C12H20/c1-6-7-11(4)9-12(5)8-10(2)3/h7-9H,6H2,1-5H3/b11-7+,12-9-. The van der Waals surface area contributed by atoms with Crippen LogP contribution >= 0.6 is 0 Å². The summed E-state index contributed by atoms with van der Waals surface area (Å²) in [6.45, 7) is 10.7. The highest BCUT2D eigenvalue weighted by Gasteiger charge is 1.85. The fourth-order valence-electron chi connectivity index (χ4n) is 1.24. The van der Waals surface area contributed by atoms with E-state index in [4.69, 9.17) is 0 Å². The predicted molar refractivity (Wildman–Crippen MR) is 57.2 cm³/mol. The summed E-state index contributed by atoms with van der Waals surface area (Å²) in [5.74, 6) is 0. The first kappa shape index (κ1) is 11.2. The number of rotatable bonds is 3. The molecule has 0 nitrogen and oxygen atoms in total. The van der Waals surface area contributed by atoms with E-state index in [1.54, 1.807) is 0 Å². The lowest BCUT2D eigenvalue weighted by molar-refractivity contribution is 1.19. The monoisotopic (exact) mass is 164 g/mol. The molecule has 0 rings (SSSR count). The summed E-state index contributed by atoms with van der Waals surface area (Å²) < 4.78 is 0. The van der Waals surface area contributed by atoms with Gasteiger partial charge in [-0.15, -0.1) is 0 Å². The molecule has 0 amide bonds. The zero-order valence-electron chi connectivity index (χ0n) is 8.94. The Labute approximate surface area is 76.7 Å². The molecule has 0 heteroatoms. The van der Waals surface area contributed by atoms with E-state index in [-0.39, 0.29) is 0 Å². The third-order valence-corrected chi connectivity index (χ3v) is 1.50. The van der Waals surface area contributed by atoms with E-state index < -0.39 is 0 Å². The number of hydrogen-bond acceptors (Lipinski definition) is 0. The Morgan fingerprint density at radius 3 is 1.92 bits per heavy atom. The summed E-state index contributed by atoms with van der Waals surface area (Å²) in [5.41, 5.74) is 4.04. The van der Waals surface area contributed by atoms with Gasteiger partial charge in [0.2, 0.25) is 0 Å². The van der Waals surface area contributed by atoms with E-state index in [9.17, 15) is 0 Å². The van der Waals surface area contributed by atoms with Gasteiger partial charge in [-0.1, -0.05) is 41.9 Å². The Balaban J connectivity index is 4.36. The van der Waals surface area contributed by atoms with Crippen molar-refractivity contribution < 1.29 is 0 Å². The second-order valence-electron chi connectivity index (χ2n) is 3.47. The average Bonchev–Trinajstić information content (AvgIpc) is 1.84. The normalized spacial score (nSPS) is 13.1. The molecule has 0 aliphatic carbocycles. The van der Waals surface area contributed by atoms with Crippen LogP contribution in [-0.2, 0) is 0 Å². The van der Waals surface area contributed by atoms with Crippen LogP contribution in [0.4, 0.5) is 0 Å². The quantitative estimate of drug-likeness (QED) is 0.547. The second-order valence-corrected chi connectivity index (χ2v) is 3.47. The molecule has 0 fully saturated rings. The number of allylic oxidation sites excluding steroid dienone is 6. The highest BCUT2D eigenvalue weighted by Crippen LogP contribution is 2.06. The third kappa shape index (κ3) is 5.96. The Kier molecular flexibility index (Phi) is 5.44. The lowest BCUT2D eigenvalue weighted by Crippen LogP contribution is -1.74. The van der Waals surface area contributed by atoms with Crippen LogP contribution < -0.4 is 0 Å². The highest BCUT2D eigenvalue weighted by atomic mass is 13.9. The molecule has 0 radical (unpaired) electrons. The maximum atomic E-state index is 2.24. The molecule has 0 N–H and O–H groups in total. The van der Waals surface area contributed by atoms with Crippen molar-refractivity contribution in [1.29, 1.82) is 0 Å². The summed E-state index contributed by atoms with van der Waals surface area (Å²) in [5, 5.41) is 0. The Morgan fingerprint density at radius 1 is 0.917 bits per heavy atom. The molecule has 0 aromatic heterocycles. The van der Waals surface area contributed by atoms with Gasteiger partial charge in [0.15, 0.2) is 0 Å². The Bertz CT molecular complexity index is 210. The smallest absolute Gasteiger partial charge is 0.0374 e. The average molecular weight is 164 g/mol. The number of hydrogen-bond donors (Lipinski definition) is 0. The minimum absolute atomic E-state index is 1.12. The van der Waals surface area contributed by atoms with Gasteiger partial charge in [-0.25, -0.2) is 0 Å². The molecule has 68 valence electrons. The molecule has 0 unspecified atom stereocenters. The van der Waals surface area contributed by atoms with Gasteiger partial charge in [-0.3, -0.25) is 0 Å². The van der Waals surface area contributed by atoms with Crippen molar-refractivity contribution in [2.75, 3.05) is 0 Å². The van der Waals surface area contributed by atoms with E-state index in [0.29, 0.717) is 0 Å². The minimum atomic E-state index is 1.12. The second kappa shape index (κ2) is 5.82. The van der Waals surface area contributed by atoms with Gasteiger partial charge in [-0.2, -0.15) is 0 Å². The molecular weight excluding hydrogens is 144 g/mol. The van der Waals surface area contributed by atoms with Crippen molar-refractivity contribution in [3.8, 4) is 0 Å². The fourth-order valence-corrected chi connectivity index (χ4v) is 1.24. The Morgan fingerprint density at radius 2 is 1.50 bits per heavy atom. The molecule has 0 aromatic rings. The van der Waals surface area contributed by atoms with E-state index in [1.165, 1.54) is 16.7 Å². The van der Waals surface area contributed by atoms with Gasteiger partial charge in [0.05, 0.1) is 0 Å². The van der Waals surface area contributed by atoms with Crippen LogP contribution in [0.2, 0.25) is 0 Å². The fraction of sp³-hybridized carbons (Fsp3) is 0.500. The first-order valence-corrected chi connectivity index (χ1v) is 4.56. The topological polar surface area (TPSA) is 0 Å². The third-order valence-electron chi connectivity index (χ3n) is 1.50. The van der Waals surface area contributed by atoms with Crippen LogP contribution in [-0.4, -0.2) is 0 Å². The van der Waals surface area contributed by atoms with Crippen molar-refractivity contribution in [3.05, 3.63) is 34.9 Å². The van der Waals surface area contributed by atoms with Crippen LogP contribution in [0, 0.1) is 0 Å². The molecule has 0 spiro atoms. The molecule has 0 aliphatic rings. The zero-order valence-corrected chi connectivity index (χ0v) is 8.94. The van der Waals surface area contributed by atoms with Gasteiger partial charge in [0, 0.05) is 0 Å². The molecule has 0 aliphatic heterocycles. The van der Waals surface area contributed by atoms with E-state index >= 15 is 0 Å². The highest BCUT2D eigenvalue weighted by molar-refractivity contribution is 5.28. The SMILES string of the molecule is CC/C=C(C)/C=C(/C)C=C(C)C. The van der Waals surface area contributed by atoms with Crippen molar-refractivity contribution in [1.82, 2.24) is 0 Å². The summed E-state index contributed by atoms with van der Waals surface area (Å²) >= 11 is 0. The maximum absolute atomic E-state index is 2.24. The molecule has 0 aromatic carbocycles. The van der Waals surface area contributed by atoms with Crippen LogP contribution in [0.15, 0.2) is 34.9 Å². The summed E-state index contributed by atoms with van der Waals surface area (Å²) in [6.07, 6.45) is 7.77. The van der Waals surface area contributed by atoms with Gasteiger partial charge in [0.25, 0.3) is 0 Å². The molecular formula is C12H20. The van der Waals surface area contributed by atoms with E-state index in [0.717, 1.165) is 6.42 Å². The lowest BCUT2D eigenvalue weighted by atomic mass is 10.1. The Hall–Kier alpha value is -0.780. The van der Waals surface area contributed by atoms with Crippen molar-refractivity contribution in [3.63, 3.8) is 0 Å². The van der Waals surface area contributed by atoms with Crippen LogP contribution in [0.5, 0.6) is 0 Å². The van der Waals surface area contributed by atoms with Gasteiger partial charge in [0.1, 0.15) is 0 Å². The van der Waals surface area contributed by atoms with Crippen LogP contribution in [0.25, 0.3) is 0 Å². The van der Waals surface area contributed by atoms with Crippen LogP contribution in [0.1, 0.15) is 41.0 Å². The zero-order chi connectivity index (χ0) is 9.56. The van der Waals surface area contributed by atoms with Crippen molar-refractivity contribution in [2.24, 2.45) is 0 Å². The summed E-state index contributed by atoms with van der Waals surface area (Å²) in [6, 6.07) is 0. The lowest BCUT2D eigenvalue weighted by Gasteiger charge is -1.95. The maximum Gasteiger partial charge on any atom is -0.0374 e. The van der Waals surface area contributed by atoms with E-state index in [1.807, 2.05) is 0 Å². The molecule has 0 atom stereocenters. The first-order valence-electron chi connectivity index (χ1n) is 4.56. The van der Waals surface area contributed by atoms with Crippen LogP contribution in [0.3, 0.4) is 0 Å². The predicted octanol–water partition coefficient (Wildman–Crippen LogP) is 4.26.